The van der Waals surface area contributed by atoms with Crippen LogP contribution >= 0.6 is 0 Å². The number of hydrogen-bond donors (Lipinski definition) is 0. The molecule has 0 N–H and O–H groups in total. The highest BCUT2D eigenvalue weighted by Crippen LogP contribution is 2.22. The molecule has 0 amide bonds. The molecular weight excluding hydrogens is 324 g/mol. The maximum atomic E-state index is 12.9. The summed E-state index contributed by atoms with van der Waals surface area (Å²) in [6.45, 7) is 6.59. The van der Waals surface area contributed by atoms with Crippen molar-refractivity contribution in [2.75, 3.05) is 0 Å². The second kappa shape index (κ2) is 14.5. The monoisotopic (exact) mass is 364 g/mol. The van der Waals surface area contributed by atoms with Gasteiger partial charge < -0.3 is 0 Å². The van der Waals surface area contributed by atoms with E-state index < -0.39 is 10.8 Å². The zero-order valence-electron chi connectivity index (χ0n) is 16.9. The smallest absolute Gasteiger partial charge is 0.0560 e. The largest absolute Gasteiger partial charge is 0.254 e. The van der Waals surface area contributed by atoms with Crippen molar-refractivity contribution in [2.45, 2.75) is 114 Å². The van der Waals surface area contributed by atoms with Gasteiger partial charge in [-0.15, -0.1) is 0 Å². The van der Waals surface area contributed by atoms with Gasteiger partial charge in [0, 0.05) is 10.1 Å². The fourth-order valence-electron chi connectivity index (χ4n) is 3.34. The lowest BCUT2D eigenvalue weighted by molar-refractivity contribution is 0.537. The predicted molar refractivity (Wildman–Crippen MR) is 113 cm³/mol. The number of aryl methyl sites for hydroxylation is 1. The third kappa shape index (κ3) is 10.2. The second-order valence-corrected chi connectivity index (χ2v) is 9.22. The summed E-state index contributed by atoms with van der Waals surface area (Å²) in [6.07, 6.45) is 16.8. The lowest BCUT2D eigenvalue weighted by Crippen LogP contribution is -2.15. The molecule has 0 heterocycles. The van der Waals surface area contributed by atoms with Crippen molar-refractivity contribution in [2.24, 2.45) is 0 Å². The van der Waals surface area contributed by atoms with Crippen molar-refractivity contribution < 1.29 is 4.21 Å². The van der Waals surface area contributed by atoms with Gasteiger partial charge in [0.05, 0.1) is 10.8 Å². The van der Waals surface area contributed by atoms with E-state index in [4.69, 9.17) is 0 Å². The first-order valence-corrected chi connectivity index (χ1v) is 11.9. The van der Waals surface area contributed by atoms with Crippen molar-refractivity contribution in [3.8, 4) is 0 Å². The molecule has 0 aliphatic rings. The predicted octanol–water partition coefficient (Wildman–Crippen LogP) is 7.58. The van der Waals surface area contributed by atoms with E-state index in [1.807, 2.05) is 0 Å². The summed E-state index contributed by atoms with van der Waals surface area (Å²) in [5, 5.41) is 0.340. The van der Waals surface area contributed by atoms with Gasteiger partial charge in [0.2, 0.25) is 0 Å². The fraction of sp³-hybridized carbons (Fsp3) is 0.739. The molecule has 2 heteroatoms. The summed E-state index contributed by atoms with van der Waals surface area (Å²) in [5.74, 6) is 0. The van der Waals surface area contributed by atoms with E-state index in [0.717, 1.165) is 17.7 Å². The van der Waals surface area contributed by atoms with Gasteiger partial charge in [-0.1, -0.05) is 102 Å². The van der Waals surface area contributed by atoms with Crippen molar-refractivity contribution in [1.29, 1.82) is 0 Å². The Bertz CT molecular complexity index is 452. The molecule has 0 fully saturated rings. The molecule has 1 nitrogen and oxygen atoms in total. The van der Waals surface area contributed by atoms with Gasteiger partial charge >= 0.3 is 0 Å². The lowest BCUT2D eigenvalue weighted by atomic mass is 10.0. The zero-order chi connectivity index (χ0) is 18.3. The molecule has 0 bridgehead atoms. The van der Waals surface area contributed by atoms with E-state index in [9.17, 15) is 4.21 Å². The lowest BCUT2D eigenvalue weighted by Gasteiger charge is -2.16. The van der Waals surface area contributed by atoms with Gasteiger partial charge in [0.25, 0.3) is 0 Å². The Morgan fingerprint density at radius 1 is 0.720 bits per heavy atom. The van der Waals surface area contributed by atoms with Crippen LogP contribution in [0.15, 0.2) is 29.2 Å². The summed E-state index contributed by atoms with van der Waals surface area (Å²) in [5.41, 5.74) is 1.24. The summed E-state index contributed by atoms with van der Waals surface area (Å²) in [6, 6.07) is 8.28. The quantitative estimate of drug-likeness (QED) is 0.293. The van der Waals surface area contributed by atoms with Crippen molar-refractivity contribution in [1.82, 2.24) is 0 Å². The van der Waals surface area contributed by atoms with Crippen LogP contribution in [-0.4, -0.2) is 9.46 Å². The Morgan fingerprint density at radius 3 is 1.76 bits per heavy atom. The molecule has 1 rings (SSSR count). The molecule has 0 saturated heterocycles. The highest BCUT2D eigenvalue weighted by molar-refractivity contribution is 7.85. The van der Waals surface area contributed by atoms with Crippen molar-refractivity contribution >= 4 is 10.8 Å². The number of benzene rings is 1. The Morgan fingerprint density at radius 2 is 1.20 bits per heavy atom. The molecule has 2 unspecified atom stereocenters. The average molecular weight is 365 g/mol. The first kappa shape index (κ1) is 22.4. The summed E-state index contributed by atoms with van der Waals surface area (Å²) < 4.78 is 12.9. The molecule has 25 heavy (non-hydrogen) atoms. The van der Waals surface area contributed by atoms with E-state index >= 15 is 0 Å². The summed E-state index contributed by atoms with van der Waals surface area (Å²) in [7, 11) is -0.844. The van der Waals surface area contributed by atoms with E-state index in [0.29, 0.717) is 5.25 Å². The maximum absolute atomic E-state index is 12.9. The van der Waals surface area contributed by atoms with Crippen LogP contribution in [0.5, 0.6) is 0 Å². The molecule has 0 aliphatic carbocycles. The minimum atomic E-state index is -0.844. The van der Waals surface area contributed by atoms with E-state index in [2.05, 4.69) is 45.0 Å². The molecule has 0 radical (unpaired) electrons. The van der Waals surface area contributed by atoms with Crippen LogP contribution < -0.4 is 0 Å². The van der Waals surface area contributed by atoms with E-state index in [-0.39, 0.29) is 0 Å². The fourth-order valence-corrected chi connectivity index (χ4v) is 4.89. The van der Waals surface area contributed by atoms with Crippen LogP contribution in [0.4, 0.5) is 0 Å². The van der Waals surface area contributed by atoms with Gasteiger partial charge in [-0.05, 0) is 31.9 Å². The van der Waals surface area contributed by atoms with Crippen LogP contribution in [0.1, 0.15) is 103 Å². The van der Waals surface area contributed by atoms with Gasteiger partial charge in [-0.25, -0.2) is 0 Å². The third-order valence-corrected chi connectivity index (χ3v) is 6.88. The first-order chi connectivity index (χ1) is 12.2. The molecule has 0 aromatic heterocycles. The van der Waals surface area contributed by atoms with Crippen LogP contribution in [0.25, 0.3) is 0 Å². The summed E-state index contributed by atoms with van der Waals surface area (Å²) >= 11 is 0. The van der Waals surface area contributed by atoms with Crippen LogP contribution in [0, 0.1) is 6.92 Å². The molecule has 0 aliphatic heterocycles. The topological polar surface area (TPSA) is 17.1 Å². The molecule has 144 valence electrons. The van der Waals surface area contributed by atoms with Crippen molar-refractivity contribution in [3.05, 3.63) is 29.8 Å². The SMILES string of the molecule is CCCCCCCCCCCC(CCCC)S(=O)c1ccc(C)cc1. The Balaban J connectivity index is 2.30. The molecule has 1 aromatic rings. The highest BCUT2D eigenvalue weighted by Gasteiger charge is 2.17. The Labute approximate surface area is 159 Å². The van der Waals surface area contributed by atoms with E-state index in [1.165, 1.54) is 76.2 Å². The standard InChI is InChI=1S/C23H40OS/c1-4-6-8-9-10-11-12-13-14-16-22(15-7-5-2)25(24)23-19-17-21(3)18-20-23/h17-20,22H,4-16H2,1-3H3. The number of unbranched alkanes of at least 4 members (excludes halogenated alkanes) is 9. The molecule has 0 spiro atoms. The zero-order valence-corrected chi connectivity index (χ0v) is 17.7. The van der Waals surface area contributed by atoms with Gasteiger partial charge in [-0.3, -0.25) is 4.21 Å². The molecule has 2 atom stereocenters. The maximum Gasteiger partial charge on any atom is 0.0560 e. The normalized spacial score (nSPS) is 13.7. The number of rotatable bonds is 15. The average Bonchev–Trinajstić information content (AvgIpc) is 2.63. The van der Waals surface area contributed by atoms with Gasteiger partial charge in [-0.2, -0.15) is 0 Å². The van der Waals surface area contributed by atoms with Crippen LogP contribution in [0.2, 0.25) is 0 Å². The first-order valence-electron chi connectivity index (χ1n) is 10.7. The Hall–Kier alpha value is -0.630. The van der Waals surface area contributed by atoms with Crippen LogP contribution in [-0.2, 0) is 10.8 Å². The van der Waals surface area contributed by atoms with Crippen molar-refractivity contribution in [3.63, 3.8) is 0 Å². The third-order valence-electron chi connectivity index (χ3n) is 5.07. The molecular formula is C23H40OS. The van der Waals surface area contributed by atoms with Crippen LogP contribution in [0.3, 0.4) is 0 Å². The molecule has 0 saturated carbocycles. The minimum absolute atomic E-state index is 0.340. The van der Waals surface area contributed by atoms with Gasteiger partial charge in [0.15, 0.2) is 0 Å². The Kier molecular flexibility index (Phi) is 13.0. The van der Waals surface area contributed by atoms with E-state index in [1.54, 1.807) is 0 Å². The summed E-state index contributed by atoms with van der Waals surface area (Å²) in [4.78, 5) is 1.02. The second-order valence-electron chi connectivity index (χ2n) is 7.49. The van der Waals surface area contributed by atoms with Gasteiger partial charge in [0.1, 0.15) is 0 Å². The minimum Gasteiger partial charge on any atom is -0.254 e. The molecule has 1 aromatic carbocycles. The highest BCUT2D eigenvalue weighted by atomic mass is 32.2. The number of hydrogen-bond acceptors (Lipinski definition) is 1.